The van der Waals surface area contributed by atoms with Gasteiger partial charge in [0.2, 0.25) is 0 Å². The zero-order valence-corrected chi connectivity index (χ0v) is 9.67. The molecule has 1 aliphatic carbocycles. The first-order valence-corrected chi connectivity index (χ1v) is 6.00. The summed E-state index contributed by atoms with van der Waals surface area (Å²) in [6.07, 6.45) is 7.36. The lowest BCUT2D eigenvalue weighted by molar-refractivity contribution is 0.191. The van der Waals surface area contributed by atoms with Crippen molar-refractivity contribution in [2.75, 3.05) is 20.3 Å². The van der Waals surface area contributed by atoms with E-state index in [1.165, 1.54) is 32.1 Å². The molecule has 1 N–H and O–H groups in total. The summed E-state index contributed by atoms with van der Waals surface area (Å²) in [6, 6.07) is 2.45. The van der Waals surface area contributed by atoms with Crippen molar-refractivity contribution in [1.82, 2.24) is 5.32 Å². The van der Waals surface area contributed by atoms with Crippen molar-refractivity contribution in [3.05, 3.63) is 0 Å². The van der Waals surface area contributed by atoms with Gasteiger partial charge in [-0.05, 0) is 31.7 Å². The molecule has 3 heteroatoms. The van der Waals surface area contributed by atoms with Crippen LogP contribution in [0.2, 0.25) is 0 Å². The van der Waals surface area contributed by atoms with Gasteiger partial charge < -0.3 is 10.1 Å². The van der Waals surface area contributed by atoms with Gasteiger partial charge in [-0.3, -0.25) is 0 Å². The molecule has 1 aliphatic rings. The summed E-state index contributed by atoms with van der Waals surface area (Å²) in [6.45, 7) is 1.67. The van der Waals surface area contributed by atoms with Crippen LogP contribution in [0, 0.1) is 17.2 Å². The fraction of sp³-hybridized carbons (Fsp3) is 0.917. The molecule has 1 saturated carbocycles. The van der Waals surface area contributed by atoms with Crippen molar-refractivity contribution in [3.8, 4) is 6.07 Å². The van der Waals surface area contributed by atoms with Crippen LogP contribution in [0.4, 0.5) is 0 Å². The number of methoxy groups -OCH3 is 1. The molecule has 0 aliphatic heterocycles. The molecule has 0 amide bonds. The third-order valence-corrected chi connectivity index (χ3v) is 3.15. The number of nitrogens with one attached hydrogen (secondary N) is 1. The first kappa shape index (κ1) is 12.5. The highest BCUT2D eigenvalue weighted by molar-refractivity contribution is 4.95. The molecular formula is C12H22N2O. The summed E-state index contributed by atoms with van der Waals surface area (Å²) in [7, 11) is 1.71. The van der Waals surface area contributed by atoms with Gasteiger partial charge >= 0.3 is 0 Å². The van der Waals surface area contributed by atoms with Crippen molar-refractivity contribution in [2.45, 2.75) is 44.6 Å². The molecule has 0 saturated heterocycles. The van der Waals surface area contributed by atoms with E-state index in [1.807, 2.05) is 0 Å². The summed E-state index contributed by atoms with van der Waals surface area (Å²) < 4.78 is 4.98. The average molecular weight is 210 g/mol. The number of hydrogen-bond donors (Lipinski definition) is 1. The lowest BCUT2D eigenvalue weighted by Crippen LogP contribution is -2.36. The van der Waals surface area contributed by atoms with Crippen molar-refractivity contribution < 1.29 is 4.74 Å². The van der Waals surface area contributed by atoms with Gasteiger partial charge in [0.1, 0.15) is 0 Å². The van der Waals surface area contributed by atoms with E-state index in [0.29, 0.717) is 5.92 Å². The second-order valence-electron chi connectivity index (χ2n) is 4.31. The van der Waals surface area contributed by atoms with Crippen LogP contribution in [0.5, 0.6) is 0 Å². The summed E-state index contributed by atoms with van der Waals surface area (Å²) in [5.74, 6) is 0.575. The number of rotatable bonds is 6. The highest BCUT2D eigenvalue weighted by Gasteiger charge is 2.22. The van der Waals surface area contributed by atoms with Gasteiger partial charge in [0.25, 0.3) is 0 Å². The fourth-order valence-corrected chi connectivity index (χ4v) is 2.26. The molecule has 1 atom stereocenters. The highest BCUT2D eigenvalue weighted by atomic mass is 16.5. The van der Waals surface area contributed by atoms with Gasteiger partial charge in [-0.2, -0.15) is 5.26 Å². The third-order valence-electron chi connectivity index (χ3n) is 3.15. The van der Waals surface area contributed by atoms with Gasteiger partial charge in [-0.15, -0.1) is 0 Å². The van der Waals surface area contributed by atoms with Crippen LogP contribution in [0.3, 0.4) is 0 Å². The molecule has 0 aromatic heterocycles. The van der Waals surface area contributed by atoms with Crippen molar-refractivity contribution >= 4 is 0 Å². The van der Waals surface area contributed by atoms with E-state index in [1.54, 1.807) is 7.11 Å². The smallest absolute Gasteiger partial charge is 0.0981 e. The van der Waals surface area contributed by atoms with Crippen LogP contribution in [0.25, 0.3) is 0 Å². The molecule has 0 radical (unpaired) electrons. The van der Waals surface area contributed by atoms with Crippen LogP contribution in [-0.2, 0) is 4.74 Å². The third kappa shape index (κ3) is 4.63. The van der Waals surface area contributed by atoms with E-state index < -0.39 is 0 Å². The lowest BCUT2D eigenvalue weighted by Gasteiger charge is -2.26. The van der Waals surface area contributed by atoms with Gasteiger partial charge in [0.15, 0.2) is 0 Å². The highest BCUT2D eigenvalue weighted by Crippen LogP contribution is 2.26. The van der Waals surface area contributed by atoms with Gasteiger partial charge in [-0.1, -0.05) is 19.3 Å². The Bertz CT molecular complexity index is 194. The molecule has 0 aromatic carbocycles. The normalized spacial score (nSPS) is 19.7. The van der Waals surface area contributed by atoms with Crippen LogP contribution in [-0.4, -0.2) is 26.3 Å². The number of nitriles is 1. The number of nitrogens with zero attached hydrogens (tertiary/aromatic N) is 1. The predicted octanol–water partition coefficient (Wildman–Crippen LogP) is 2.08. The van der Waals surface area contributed by atoms with Crippen LogP contribution in [0.1, 0.15) is 38.5 Å². The molecule has 1 rings (SSSR count). The summed E-state index contributed by atoms with van der Waals surface area (Å²) in [5, 5.41) is 12.4. The molecule has 0 heterocycles. The Kier molecular flexibility index (Phi) is 6.38. The molecule has 86 valence electrons. The van der Waals surface area contributed by atoms with Gasteiger partial charge in [0, 0.05) is 13.7 Å². The molecule has 1 unspecified atom stereocenters. The van der Waals surface area contributed by atoms with E-state index in [2.05, 4.69) is 11.4 Å². The summed E-state index contributed by atoms with van der Waals surface area (Å²) in [5.41, 5.74) is 0. The first-order valence-electron chi connectivity index (χ1n) is 6.00. The lowest BCUT2D eigenvalue weighted by atomic mass is 9.84. The molecule has 1 fully saturated rings. The summed E-state index contributed by atoms with van der Waals surface area (Å²) >= 11 is 0. The second-order valence-corrected chi connectivity index (χ2v) is 4.31. The Balaban J connectivity index is 2.19. The Morgan fingerprint density at radius 2 is 2.13 bits per heavy atom. The molecule has 0 spiro atoms. The van der Waals surface area contributed by atoms with Crippen molar-refractivity contribution in [2.24, 2.45) is 5.92 Å². The molecule has 15 heavy (non-hydrogen) atoms. The van der Waals surface area contributed by atoms with Crippen molar-refractivity contribution in [1.29, 1.82) is 5.26 Å². The largest absolute Gasteiger partial charge is 0.385 e. The first-order chi connectivity index (χ1) is 7.38. The van der Waals surface area contributed by atoms with Crippen LogP contribution >= 0.6 is 0 Å². The minimum absolute atomic E-state index is 0.0576. The predicted molar refractivity (Wildman–Crippen MR) is 60.5 cm³/mol. The summed E-state index contributed by atoms with van der Waals surface area (Å²) in [4.78, 5) is 0. The Morgan fingerprint density at radius 3 is 2.73 bits per heavy atom. The number of hydrogen-bond acceptors (Lipinski definition) is 3. The van der Waals surface area contributed by atoms with E-state index in [0.717, 1.165) is 19.6 Å². The quantitative estimate of drug-likeness (QED) is 0.683. The second kappa shape index (κ2) is 7.67. The van der Waals surface area contributed by atoms with Gasteiger partial charge in [-0.25, -0.2) is 0 Å². The minimum Gasteiger partial charge on any atom is -0.385 e. The van der Waals surface area contributed by atoms with Crippen LogP contribution < -0.4 is 5.32 Å². The van der Waals surface area contributed by atoms with Crippen molar-refractivity contribution in [3.63, 3.8) is 0 Å². The maximum atomic E-state index is 9.09. The average Bonchev–Trinajstić information content (AvgIpc) is 2.30. The molecule has 0 aromatic rings. The Labute approximate surface area is 92.8 Å². The Morgan fingerprint density at radius 1 is 1.40 bits per heavy atom. The molecule has 3 nitrogen and oxygen atoms in total. The fourth-order valence-electron chi connectivity index (χ4n) is 2.26. The monoisotopic (exact) mass is 210 g/mol. The number of ether oxygens (including phenoxy) is 1. The maximum absolute atomic E-state index is 9.09. The minimum atomic E-state index is 0.0576. The Hall–Kier alpha value is -0.590. The maximum Gasteiger partial charge on any atom is 0.0981 e. The standard InChI is InChI=1S/C12H22N2O/c1-15-9-5-8-14-12(10-13)11-6-3-2-4-7-11/h11-12,14H,2-9H2,1H3. The molecular weight excluding hydrogens is 188 g/mol. The van der Waals surface area contributed by atoms with Crippen LogP contribution in [0.15, 0.2) is 0 Å². The van der Waals surface area contributed by atoms with E-state index in [9.17, 15) is 0 Å². The van der Waals surface area contributed by atoms with Gasteiger partial charge in [0.05, 0.1) is 12.1 Å². The zero-order valence-electron chi connectivity index (χ0n) is 9.67. The van der Waals surface area contributed by atoms with E-state index in [4.69, 9.17) is 10.00 Å². The zero-order chi connectivity index (χ0) is 10.9. The van der Waals surface area contributed by atoms with E-state index >= 15 is 0 Å². The topological polar surface area (TPSA) is 45.0 Å². The SMILES string of the molecule is COCCCNC(C#N)C1CCCCC1. The molecule has 0 bridgehead atoms. The van der Waals surface area contributed by atoms with E-state index in [-0.39, 0.29) is 6.04 Å².